The van der Waals surface area contributed by atoms with Gasteiger partial charge in [-0.3, -0.25) is 9.59 Å². The molecule has 2 N–H and O–H groups in total. The fraction of sp³-hybridized carbons (Fsp3) is 0.167. The molecule has 4 nitrogen and oxygen atoms in total. The van der Waals surface area contributed by atoms with Crippen molar-refractivity contribution in [2.45, 2.75) is 13.3 Å². The van der Waals surface area contributed by atoms with Gasteiger partial charge in [0.2, 0.25) is 5.43 Å². The predicted molar refractivity (Wildman–Crippen MR) is 61.9 cm³/mol. The van der Waals surface area contributed by atoms with Crippen molar-refractivity contribution in [3.63, 3.8) is 0 Å². The predicted octanol–water partition coefficient (Wildman–Crippen LogP) is 1.16. The van der Waals surface area contributed by atoms with E-state index in [1.807, 2.05) is 13.0 Å². The number of H-pyrrole nitrogens is 1. The van der Waals surface area contributed by atoms with Gasteiger partial charge in [0.05, 0.1) is 5.52 Å². The van der Waals surface area contributed by atoms with E-state index in [2.05, 4.69) is 4.98 Å². The topological polar surface area (TPSA) is 70.2 Å². The number of hydrogen-bond donors (Lipinski definition) is 2. The van der Waals surface area contributed by atoms with Crippen LogP contribution in [0.5, 0.6) is 5.75 Å². The lowest BCUT2D eigenvalue weighted by Crippen LogP contribution is -2.22. The Balaban J connectivity index is 3.10. The fourth-order valence-corrected chi connectivity index (χ4v) is 1.75. The summed E-state index contributed by atoms with van der Waals surface area (Å²) in [6, 6.07) is 6.25. The van der Waals surface area contributed by atoms with E-state index in [-0.39, 0.29) is 5.75 Å². The Morgan fingerprint density at radius 2 is 2.06 bits per heavy atom. The molecule has 0 atom stereocenters. The summed E-state index contributed by atoms with van der Waals surface area (Å²) in [5.74, 6) is -0.157. The zero-order chi connectivity index (χ0) is 11.7. The third-order valence-electron chi connectivity index (χ3n) is 2.53. The molecule has 2 aromatic rings. The molecule has 16 heavy (non-hydrogen) atoms. The number of aryl methyl sites for hydroxylation is 1. The molecule has 0 aliphatic heterocycles. The van der Waals surface area contributed by atoms with E-state index in [0.717, 1.165) is 11.6 Å². The molecule has 1 aromatic heterocycles. The molecule has 0 unspecified atom stereocenters. The third-order valence-corrected chi connectivity index (χ3v) is 2.53. The van der Waals surface area contributed by atoms with Gasteiger partial charge < -0.3 is 10.1 Å². The number of aromatic nitrogens is 1. The fourth-order valence-electron chi connectivity index (χ4n) is 1.75. The lowest BCUT2D eigenvalue weighted by atomic mass is 10.1. The standard InChI is InChI=1S/C12H11NO3/c1-2-7-4-3-5-8-11(7)9(14)6-10(15)12(16)13-8/h3-6,14H,2H2,1H3,(H,13,15,16). The number of benzene rings is 1. The molecule has 0 aliphatic carbocycles. The SMILES string of the molecule is CCc1cccc2[nH]c(=O)c(=O)cc(O)c12. The van der Waals surface area contributed by atoms with Crippen molar-refractivity contribution in [3.8, 4) is 5.75 Å². The average Bonchev–Trinajstić information content (AvgIpc) is 2.37. The molecule has 0 radical (unpaired) electrons. The molecular weight excluding hydrogens is 206 g/mol. The summed E-state index contributed by atoms with van der Waals surface area (Å²) in [5, 5.41) is 10.3. The minimum atomic E-state index is -0.740. The molecule has 1 aromatic carbocycles. The molecular formula is C12H11NO3. The molecule has 0 saturated carbocycles. The van der Waals surface area contributed by atoms with Crippen molar-refractivity contribution in [1.29, 1.82) is 0 Å². The van der Waals surface area contributed by atoms with Crippen molar-refractivity contribution in [1.82, 2.24) is 4.98 Å². The van der Waals surface area contributed by atoms with Crippen molar-refractivity contribution >= 4 is 10.9 Å². The second kappa shape index (κ2) is 3.81. The minimum absolute atomic E-state index is 0.157. The van der Waals surface area contributed by atoms with E-state index >= 15 is 0 Å². The molecule has 0 aliphatic rings. The van der Waals surface area contributed by atoms with Crippen molar-refractivity contribution < 1.29 is 5.11 Å². The van der Waals surface area contributed by atoms with Crippen LogP contribution in [0.1, 0.15) is 12.5 Å². The molecule has 0 amide bonds. The third kappa shape index (κ3) is 1.58. The van der Waals surface area contributed by atoms with Gasteiger partial charge in [-0.25, -0.2) is 0 Å². The minimum Gasteiger partial charge on any atom is -0.507 e. The Labute approximate surface area is 91.2 Å². The Bertz CT molecular complexity index is 658. The lowest BCUT2D eigenvalue weighted by molar-refractivity contribution is 0.481. The first kappa shape index (κ1) is 10.4. The lowest BCUT2D eigenvalue weighted by Gasteiger charge is -2.01. The summed E-state index contributed by atoms with van der Waals surface area (Å²) in [6.07, 6.45) is 0.713. The molecule has 0 spiro atoms. The normalized spacial score (nSPS) is 10.6. The van der Waals surface area contributed by atoms with Crippen molar-refractivity contribution in [3.05, 3.63) is 50.4 Å². The summed E-state index contributed by atoms with van der Waals surface area (Å²) in [6.45, 7) is 1.94. The van der Waals surface area contributed by atoms with Crippen LogP contribution in [-0.4, -0.2) is 10.1 Å². The van der Waals surface area contributed by atoms with Gasteiger partial charge in [0.15, 0.2) is 0 Å². The summed E-state index contributed by atoms with van der Waals surface area (Å²) >= 11 is 0. The number of hydrogen-bond acceptors (Lipinski definition) is 3. The Kier molecular flexibility index (Phi) is 2.48. The zero-order valence-corrected chi connectivity index (χ0v) is 8.78. The van der Waals surface area contributed by atoms with Crippen LogP contribution < -0.4 is 11.0 Å². The van der Waals surface area contributed by atoms with Gasteiger partial charge in [0.25, 0.3) is 5.56 Å². The van der Waals surface area contributed by atoms with E-state index in [4.69, 9.17) is 0 Å². The quantitative estimate of drug-likeness (QED) is 0.704. The number of aromatic hydroxyl groups is 1. The zero-order valence-electron chi connectivity index (χ0n) is 8.78. The van der Waals surface area contributed by atoms with E-state index in [1.165, 1.54) is 0 Å². The van der Waals surface area contributed by atoms with Gasteiger partial charge in [-0.1, -0.05) is 19.1 Å². The molecule has 1 heterocycles. The maximum atomic E-state index is 11.3. The largest absolute Gasteiger partial charge is 0.507 e. The maximum Gasteiger partial charge on any atom is 0.296 e. The average molecular weight is 217 g/mol. The Hall–Kier alpha value is -2.10. The smallest absolute Gasteiger partial charge is 0.296 e. The van der Waals surface area contributed by atoms with Crippen LogP contribution in [0.25, 0.3) is 10.9 Å². The number of aromatic amines is 1. The molecule has 2 rings (SSSR count). The second-order valence-electron chi connectivity index (χ2n) is 3.54. The number of nitrogens with one attached hydrogen (secondary N) is 1. The van der Waals surface area contributed by atoms with Crippen LogP contribution in [-0.2, 0) is 6.42 Å². The first-order chi connectivity index (χ1) is 7.63. The van der Waals surface area contributed by atoms with Crippen LogP contribution in [0.2, 0.25) is 0 Å². The van der Waals surface area contributed by atoms with Crippen LogP contribution in [0.3, 0.4) is 0 Å². The highest BCUT2D eigenvalue weighted by atomic mass is 16.3. The van der Waals surface area contributed by atoms with Crippen molar-refractivity contribution in [2.24, 2.45) is 0 Å². The molecule has 4 heteroatoms. The van der Waals surface area contributed by atoms with Gasteiger partial charge >= 0.3 is 0 Å². The highest BCUT2D eigenvalue weighted by molar-refractivity contribution is 5.87. The molecule has 0 fully saturated rings. The summed E-state index contributed by atoms with van der Waals surface area (Å²) in [7, 11) is 0. The second-order valence-corrected chi connectivity index (χ2v) is 3.54. The summed E-state index contributed by atoms with van der Waals surface area (Å²) in [4.78, 5) is 25.0. The number of fused-ring (bicyclic) bond motifs is 1. The first-order valence-corrected chi connectivity index (χ1v) is 5.01. The van der Waals surface area contributed by atoms with Crippen molar-refractivity contribution in [2.75, 3.05) is 0 Å². The van der Waals surface area contributed by atoms with E-state index in [0.29, 0.717) is 17.3 Å². The van der Waals surface area contributed by atoms with Gasteiger partial charge in [0.1, 0.15) is 5.75 Å². The summed E-state index contributed by atoms with van der Waals surface area (Å²) in [5.41, 5.74) is -0.0977. The first-order valence-electron chi connectivity index (χ1n) is 5.01. The monoisotopic (exact) mass is 217 g/mol. The van der Waals surface area contributed by atoms with Gasteiger partial charge in [-0.15, -0.1) is 0 Å². The maximum absolute atomic E-state index is 11.3. The molecule has 0 saturated heterocycles. The summed E-state index contributed by atoms with van der Waals surface area (Å²) < 4.78 is 0. The van der Waals surface area contributed by atoms with Gasteiger partial charge in [-0.2, -0.15) is 0 Å². The van der Waals surface area contributed by atoms with Gasteiger partial charge in [-0.05, 0) is 18.1 Å². The van der Waals surface area contributed by atoms with Crippen LogP contribution in [0.4, 0.5) is 0 Å². The van der Waals surface area contributed by atoms with E-state index < -0.39 is 11.0 Å². The van der Waals surface area contributed by atoms with Gasteiger partial charge in [0, 0.05) is 11.5 Å². The Morgan fingerprint density at radius 1 is 1.31 bits per heavy atom. The number of rotatable bonds is 1. The Morgan fingerprint density at radius 3 is 2.75 bits per heavy atom. The van der Waals surface area contributed by atoms with E-state index in [1.54, 1.807) is 12.1 Å². The molecule has 0 bridgehead atoms. The van der Waals surface area contributed by atoms with E-state index in [9.17, 15) is 14.7 Å². The highest BCUT2D eigenvalue weighted by Gasteiger charge is 2.05. The van der Waals surface area contributed by atoms with Crippen LogP contribution in [0.15, 0.2) is 33.9 Å². The van der Waals surface area contributed by atoms with Crippen LogP contribution >= 0.6 is 0 Å². The highest BCUT2D eigenvalue weighted by Crippen LogP contribution is 2.24. The molecule has 82 valence electrons. The van der Waals surface area contributed by atoms with Crippen LogP contribution in [0, 0.1) is 0 Å².